The Morgan fingerprint density at radius 2 is 2.33 bits per heavy atom. The Balaban J connectivity index is 3.00. The van der Waals surface area contributed by atoms with E-state index in [-0.39, 0.29) is 17.3 Å². The highest BCUT2D eigenvalue weighted by molar-refractivity contribution is 6.51. The Bertz CT molecular complexity index is 398. The molecular weight excluding hydrogens is 218 g/mol. The van der Waals surface area contributed by atoms with Crippen LogP contribution in [0, 0.1) is 0 Å². The fourth-order valence-electron chi connectivity index (χ4n) is 1.02. The van der Waals surface area contributed by atoms with E-state index in [1.807, 2.05) is 0 Å². The molecule has 6 heteroatoms. The van der Waals surface area contributed by atoms with Gasteiger partial charge in [0.25, 0.3) is 0 Å². The summed E-state index contributed by atoms with van der Waals surface area (Å²) in [4.78, 5) is 14.0. The molecule has 1 aromatic rings. The molecular formula is C9H12ClN3O2. The number of nitrogen functional groups attached to an aromatic ring is 1. The molecule has 0 aliphatic heterocycles. The maximum Gasteiger partial charge on any atom is 0.355 e. The van der Waals surface area contributed by atoms with Gasteiger partial charge in [-0.3, -0.25) is 0 Å². The van der Waals surface area contributed by atoms with Crippen molar-refractivity contribution in [2.45, 2.75) is 6.92 Å². The maximum atomic E-state index is 11.3. The average Bonchev–Trinajstić information content (AvgIpc) is 2.62. The van der Waals surface area contributed by atoms with Gasteiger partial charge in [0, 0.05) is 11.8 Å². The third-order valence-corrected chi connectivity index (χ3v) is 2.15. The van der Waals surface area contributed by atoms with Crippen LogP contribution in [0.15, 0.2) is 18.0 Å². The zero-order chi connectivity index (χ0) is 11.4. The number of anilines is 1. The molecule has 0 spiro atoms. The third kappa shape index (κ3) is 2.44. The van der Waals surface area contributed by atoms with Gasteiger partial charge in [0.05, 0.1) is 11.6 Å². The Morgan fingerprint density at radius 3 is 2.80 bits per heavy atom. The van der Waals surface area contributed by atoms with Crippen molar-refractivity contribution in [2.24, 2.45) is 5.73 Å². The fourth-order valence-corrected chi connectivity index (χ4v) is 1.26. The summed E-state index contributed by atoms with van der Waals surface area (Å²) in [6, 6.07) is 1.63. The number of H-pyrrole nitrogens is 1. The van der Waals surface area contributed by atoms with Crippen molar-refractivity contribution in [3.63, 3.8) is 0 Å². The molecule has 5 nitrogen and oxygen atoms in total. The van der Waals surface area contributed by atoms with E-state index < -0.39 is 5.97 Å². The zero-order valence-electron chi connectivity index (χ0n) is 8.21. The van der Waals surface area contributed by atoms with Crippen LogP contribution in [-0.4, -0.2) is 17.6 Å². The van der Waals surface area contributed by atoms with Crippen molar-refractivity contribution < 1.29 is 9.53 Å². The first-order valence-electron chi connectivity index (χ1n) is 4.33. The molecule has 5 N–H and O–H groups in total. The Morgan fingerprint density at radius 1 is 1.67 bits per heavy atom. The van der Waals surface area contributed by atoms with Crippen LogP contribution in [0.1, 0.15) is 12.5 Å². The predicted octanol–water partition coefficient (Wildman–Crippen LogP) is 1.03. The topological polar surface area (TPSA) is 94.1 Å². The van der Waals surface area contributed by atoms with Crippen LogP contribution in [0.5, 0.6) is 0 Å². The van der Waals surface area contributed by atoms with E-state index in [4.69, 9.17) is 27.8 Å². The number of halogens is 1. The summed E-state index contributed by atoms with van der Waals surface area (Å²) in [5.74, 6) is -0.296. The number of hydrogen-bond acceptors (Lipinski definition) is 4. The van der Waals surface area contributed by atoms with Gasteiger partial charge in [-0.2, -0.15) is 0 Å². The van der Waals surface area contributed by atoms with Crippen LogP contribution in [0.2, 0.25) is 0 Å². The number of carbonyl (C=O) groups is 1. The van der Waals surface area contributed by atoms with Gasteiger partial charge in [0.1, 0.15) is 11.5 Å². The van der Waals surface area contributed by atoms with Crippen LogP contribution in [0.3, 0.4) is 0 Å². The normalized spacial score (nSPS) is 12.1. The van der Waals surface area contributed by atoms with Gasteiger partial charge in [-0.05, 0) is 13.0 Å². The van der Waals surface area contributed by atoms with Crippen LogP contribution in [0.25, 0.3) is 5.03 Å². The van der Waals surface area contributed by atoms with E-state index >= 15 is 0 Å². The number of aromatic nitrogens is 1. The number of carbonyl (C=O) groups excluding carboxylic acids is 1. The number of rotatable bonds is 3. The second-order valence-electron chi connectivity index (χ2n) is 2.75. The molecule has 82 valence electrons. The summed E-state index contributed by atoms with van der Waals surface area (Å²) in [5.41, 5.74) is 11.4. The quantitative estimate of drug-likeness (QED) is 0.533. The highest BCUT2D eigenvalue weighted by Crippen LogP contribution is 2.25. The lowest BCUT2D eigenvalue weighted by Gasteiger charge is -2.04. The molecule has 0 amide bonds. The molecule has 0 atom stereocenters. The highest BCUT2D eigenvalue weighted by Gasteiger charge is 2.15. The van der Waals surface area contributed by atoms with Crippen molar-refractivity contribution in [1.82, 2.24) is 4.98 Å². The number of esters is 1. The first kappa shape index (κ1) is 11.5. The first-order valence-corrected chi connectivity index (χ1v) is 4.71. The summed E-state index contributed by atoms with van der Waals surface area (Å²) >= 11 is 5.89. The third-order valence-electron chi connectivity index (χ3n) is 1.75. The van der Waals surface area contributed by atoms with E-state index in [1.165, 1.54) is 0 Å². The Labute approximate surface area is 92.0 Å². The first-order chi connectivity index (χ1) is 7.07. The van der Waals surface area contributed by atoms with Gasteiger partial charge in [-0.1, -0.05) is 11.6 Å². The van der Waals surface area contributed by atoms with Crippen LogP contribution < -0.4 is 11.5 Å². The minimum Gasteiger partial charge on any atom is -0.461 e. The lowest BCUT2D eigenvalue weighted by molar-refractivity contribution is -0.138. The number of nitrogens with two attached hydrogens (primary N) is 2. The largest absolute Gasteiger partial charge is 0.461 e. The minimum absolute atomic E-state index is 0.0900. The van der Waals surface area contributed by atoms with E-state index in [1.54, 1.807) is 19.2 Å². The summed E-state index contributed by atoms with van der Waals surface area (Å²) in [6.45, 7) is 1.93. The molecule has 1 heterocycles. The van der Waals surface area contributed by atoms with Gasteiger partial charge in [0.2, 0.25) is 0 Å². The van der Waals surface area contributed by atoms with Crippen molar-refractivity contribution in [2.75, 3.05) is 12.3 Å². The standard InChI is InChI=1S/C9H12ClN3O2/c1-2-15-9(14)7(11)6(10)5-3-4-13-8(5)12/h3-4,13H,2,11-12H2,1H3/b7-6+. The van der Waals surface area contributed by atoms with Gasteiger partial charge in [0.15, 0.2) is 0 Å². The number of nitrogens with one attached hydrogen (secondary N) is 1. The second kappa shape index (κ2) is 4.75. The van der Waals surface area contributed by atoms with E-state index in [0.29, 0.717) is 11.4 Å². The summed E-state index contributed by atoms with van der Waals surface area (Å²) in [7, 11) is 0. The van der Waals surface area contributed by atoms with Gasteiger partial charge in [-0.25, -0.2) is 4.79 Å². The van der Waals surface area contributed by atoms with Crippen LogP contribution in [-0.2, 0) is 9.53 Å². The van der Waals surface area contributed by atoms with E-state index in [2.05, 4.69) is 4.98 Å². The predicted molar refractivity (Wildman–Crippen MR) is 58.8 cm³/mol. The molecule has 1 rings (SSSR count). The molecule has 0 unspecified atom stereocenters. The van der Waals surface area contributed by atoms with Gasteiger partial charge >= 0.3 is 5.97 Å². The molecule has 0 aromatic carbocycles. The Kier molecular flexibility index (Phi) is 3.62. The lowest BCUT2D eigenvalue weighted by Crippen LogP contribution is -2.16. The van der Waals surface area contributed by atoms with Gasteiger partial charge < -0.3 is 21.2 Å². The van der Waals surface area contributed by atoms with Gasteiger partial charge in [-0.15, -0.1) is 0 Å². The monoisotopic (exact) mass is 229 g/mol. The van der Waals surface area contributed by atoms with E-state index in [0.717, 1.165) is 0 Å². The average molecular weight is 230 g/mol. The second-order valence-corrected chi connectivity index (χ2v) is 3.13. The van der Waals surface area contributed by atoms with Crippen molar-refractivity contribution in [3.8, 4) is 0 Å². The maximum absolute atomic E-state index is 11.3. The molecule has 15 heavy (non-hydrogen) atoms. The zero-order valence-corrected chi connectivity index (χ0v) is 8.97. The van der Waals surface area contributed by atoms with Crippen LogP contribution >= 0.6 is 11.6 Å². The number of hydrogen-bond donors (Lipinski definition) is 3. The molecule has 1 aromatic heterocycles. The number of ether oxygens (including phenoxy) is 1. The summed E-state index contributed by atoms with van der Waals surface area (Å²) < 4.78 is 4.71. The molecule has 0 fully saturated rings. The summed E-state index contributed by atoms with van der Waals surface area (Å²) in [6.07, 6.45) is 1.60. The SMILES string of the molecule is CCOC(=O)/C(N)=C(\Cl)c1cc[nH]c1N. The van der Waals surface area contributed by atoms with Crippen molar-refractivity contribution in [1.29, 1.82) is 0 Å². The molecule has 0 bridgehead atoms. The minimum atomic E-state index is -0.650. The highest BCUT2D eigenvalue weighted by atomic mass is 35.5. The van der Waals surface area contributed by atoms with Crippen LogP contribution in [0.4, 0.5) is 5.82 Å². The Hall–Kier alpha value is -1.62. The van der Waals surface area contributed by atoms with E-state index in [9.17, 15) is 4.79 Å². The smallest absolute Gasteiger partial charge is 0.355 e. The fraction of sp³-hybridized carbons (Fsp3) is 0.222. The summed E-state index contributed by atoms with van der Waals surface area (Å²) in [5, 5.41) is 0.0900. The molecule has 0 radical (unpaired) electrons. The number of aromatic amines is 1. The molecule has 0 aliphatic rings. The lowest BCUT2D eigenvalue weighted by atomic mass is 10.2. The molecule has 0 saturated heterocycles. The molecule has 0 saturated carbocycles. The van der Waals surface area contributed by atoms with Crippen molar-refractivity contribution in [3.05, 3.63) is 23.5 Å². The van der Waals surface area contributed by atoms with Crippen molar-refractivity contribution >= 4 is 28.4 Å². The molecule has 0 aliphatic carbocycles.